The first-order chi connectivity index (χ1) is 12.1. The third-order valence-corrected chi connectivity index (χ3v) is 5.43. The van der Waals surface area contributed by atoms with E-state index in [1.165, 1.54) is 0 Å². The van der Waals surface area contributed by atoms with Crippen LogP contribution in [0.15, 0.2) is 48.5 Å². The lowest BCUT2D eigenvalue weighted by Crippen LogP contribution is -2.49. The maximum Gasteiger partial charge on any atom is 0.274 e. The largest absolute Gasteiger partial charge is 0.312 e. The Bertz CT molecular complexity index is 834. The van der Waals surface area contributed by atoms with Crippen molar-refractivity contribution in [1.82, 2.24) is 5.48 Å². The Balaban J connectivity index is 1.64. The standard InChI is InChI=1S/C20H20N2O3/c23-18(21-25)14-7-8-15-12-20(13-16(15)11-14)9-4-10-22(19(20)24)17-5-2-1-3-6-17/h1-3,5-8,11,25H,4,9-10,12-13H2,(H,21,23)/t20-/m1/s1. The summed E-state index contributed by atoms with van der Waals surface area (Å²) < 4.78 is 0. The van der Waals surface area contributed by atoms with E-state index in [2.05, 4.69) is 0 Å². The molecule has 25 heavy (non-hydrogen) atoms. The summed E-state index contributed by atoms with van der Waals surface area (Å²) in [6.07, 6.45) is 3.20. The molecule has 0 bridgehead atoms. The zero-order valence-corrected chi connectivity index (χ0v) is 13.9. The Hall–Kier alpha value is -2.66. The SMILES string of the molecule is O=C(NO)c1ccc2c(c1)C[C@@]1(CCCN(c3ccccc3)C1=O)C2. The number of benzene rings is 2. The minimum absolute atomic E-state index is 0.175. The molecule has 2 aliphatic rings. The predicted molar refractivity (Wildman–Crippen MR) is 93.6 cm³/mol. The van der Waals surface area contributed by atoms with Gasteiger partial charge in [-0.2, -0.15) is 0 Å². The summed E-state index contributed by atoms with van der Waals surface area (Å²) in [4.78, 5) is 26.8. The summed E-state index contributed by atoms with van der Waals surface area (Å²) in [6.45, 7) is 0.749. The minimum Gasteiger partial charge on any atom is -0.312 e. The van der Waals surface area contributed by atoms with Crippen molar-refractivity contribution >= 4 is 17.5 Å². The smallest absolute Gasteiger partial charge is 0.274 e. The van der Waals surface area contributed by atoms with Gasteiger partial charge in [0.25, 0.3) is 5.91 Å². The van der Waals surface area contributed by atoms with Crippen molar-refractivity contribution < 1.29 is 14.8 Å². The molecule has 1 heterocycles. The van der Waals surface area contributed by atoms with Crippen LogP contribution in [0.3, 0.4) is 0 Å². The number of piperidine rings is 1. The first kappa shape index (κ1) is 15.8. The highest BCUT2D eigenvalue weighted by atomic mass is 16.5. The van der Waals surface area contributed by atoms with Gasteiger partial charge >= 0.3 is 0 Å². The van der Waals surface area contributed by atoms with E-state index >= 15 is 0 Å². The number of anilines is 1. The van der Waals surface area contributed by atoms with Crippen LogP contribution in [0.2, 0.25) is 0 Å². The normalized spacial score (nSPS) is 22.1. The van der Waals surface area contributed by atoms with Gasteiger partial charge in [0, 0.05) is 17.8 Å². The molecule has 0 unspecified atom stereocenters. The number of nitrogens with one attached hydrogen (secondary N) is 1. The topological polar surface area (TPSA) is 69.6 Å². The van der Waals surface area contributed by atoms with Crippen molar-refractivity contribution in [2.75, 3.05) is 11.4 Å². The number of hydrogen-bond acceptors (Lipinski definition) is 3. The zero-order chi connectivity index (χ0) is 17.4. The molecule has 1 atom stereocenters. The molecule has 128 valence electrons. The Morgan fingerprint density at radius 2 is 1.84 bits per heavy atom. The van der Waals surface area contributed by atoms with Crippen molar-refractivity contribution in [2.24, 2.45) is 5.41 Å². The second-order valence-electron chi connectivity index (χ2n) is 6.95. The number of hydroxylamine groups is 1. The fraction of sp³-hybridized carbons (Fsp3) is 0.300. The number of carbonyl (C=O) groups excluding carboxylic acids is 2. The average molecular weight is 336 g/mol. The number of fused-ring (bicyclic) bond motifs is 1. The molecule has 2 N–H and O–H groups in total. The van der Waals surface area contributed by atoms with Gasteiger partial charge in [0.2, 0.25) is 5.91 Å². The van der Waals surface area contributed by atoms with Crippen LogP contribution in [0.1, 0.15) is 34.3 Å². The van der Waals surface area contributed by atoms with Crippen LogP contribution in [-0.2, 0) is 17.6 Å². The van der Waals surface area contributed by atoms with E-state index in [9.17, 15) is 9.59 Å². The predicted octanol–water partition coefficient (Wildman–Crippen LogP) is 2.72. The molecule has 1 fully saturated rings. The van der Waals surface area contributed by atoms with E-state index in [0.717, 1.165) is 36.2 Å². The van der Waals surface area contributed by atoms with Gasteiger partial charge in [-0.3, -0.25) is 14.8 Å². The van der Waals surface area contributed by atoms with Gasteiger partial charge < -0.3 is 4.90 Å². The molecule has 0 aromatic heterocycles. The van der Waals surface area contributed by atoms with E-state index in [1.54, 1.807) is 17.6 Å². The Morgan fingerprint density at radius 3 is 2.60 bits per heavy atom. The Labute approximate surface area is 146 Å². The molecule has 1 aliphatic heterocycles. The molecule has 0 saturated carbocycles. The molecule has 1 spiro atoms. The van der Waals surface area contributed by atoms with Gasteiger partial charge in [-0.05, 0) is 61.1 Å². The summed E-state index contributed by atoms with van der Waals surface area (Å²) in [7, 11) is 0. The lowest BCUT2D eigenvalue weighted by atomic mass is 9.76. The van der Waals surface area contributed by atoms with Crippen LogP contribution in [0, 0.1) is 5.41 Å². The third kappa shape index (κ3) is 2.61. The maximum absolute atomic E-state index is 13.3. The van der Waals surface area contributed by atoms with Crippen LogP contribution in [0.4, 0.5) is 5.69 Å². The summed E-state index contributed by atoms with van der Waals surface area (Å²) in [5, 5.41) is 8.82. The second-order valence-corrected chi connectivity index (χ2v) is 6.95. The van der Waals surface area contributed by atoms with Gasteiger partial charge in [-0.1, -0.05) is 24.3 Å². The molecule has 0 radical (unpaired) electrons. The van der Waals surface area contributed by atoms with Crippen LogP contribution in [0.25, 0.3) is 0 Å². The van der Waals surface area contributed by atoms with Crippen LogP contribution in [-0.4, -0.2) is 23.6 Å². The lowest BCUT2D eigenvalue weighted by molar-refractivity contribution is -0.129. The molecule has 2 aromatic rings. The van der Waals surface area contributed by atoms with Gasteiger partial charge in [0.1, 0.15) is 0 Å². The fourth-order valence-electron chi connectivity index (χ4n) is 4.21. The minimum atomic E-state index is -0.523. The summed E-state index contributed by atoms with van der Waals surface area (Å²) >= 11 is 0. The molecule has 5 nitrogen and oxygen atoms in total. The Kier molecular flexibility index (Phi) is 3.81. The van der Waals surface area contributed by atoms with Crippen molar-refractivity contribution in [2.45, 2.75) is 25.7 Å². The molecule has 4 rings (SSSR count). The van der Waals surface area contributed by atoms with E-state index in [0.29, 0.717) is 18.4 Å². The average Bonchev–Trinajstić information content (AvgIpc) is 3.02. The van der Waals surface area contributed by atoms with Crippen molar-refractivity contribution in [3.05, 3.63) is 65.2 Å². The molecule has 1 aliphatic carbocycles. The second kappa shape index (κ2) is 6.01. The molecule has 1 saturated heterocycles. The quantitative estimate of drug-likeness (QED) is 0.654. The highest BCUT2D eigenvalue weighted by molar-refractivity contribution is 5.99. The molecular weight excluding hydrogens is 316 g/mol. The monoisotopic (exact) mass is 336 g/mol. The van der Waals surface area contributed by atoms with Gasteiger partial charge in [0.05, 0.1) is 5.41 Å². The van der Waals surface area contributed by atoms with E-state index in [4.69, 9.17) is 5.21 Å². The van der Waals surface area contributed by atoms with Gasteiger partial charge in [-0.15, -0.1) is 0 Å². The van der Waals surface area contributed by atoms with Gasteiger partial charge in [-0.25, -0.2) is 5.48 Å². The molecule has 2 amide bonds. The van der Waals surface area contributed by atoms with Gasteiger partial charge in [0.15, 0.2) is 0 Å². The number of hydrogen-bond donors (Lipinski definition) is 2. The van der Waals surface area contributed by atoms with E-state index in [1.807, 2.05) is 41.3 Å². The lowest BCUT2D eigenvalue weighted by Gasteiger charge is -2.39. The number of amides is 2. The van der Waals surface area contributed by atoms with Crippen LogP contribution < -0.4 is 10.4 Å². The van der Waals surface area contributed by atoms with E-state index in [-0.39, 0.29) is 5.91 Å². The highest BCUT2D eigenvalue weighted by Gasteiger charge is 2.48. The highest BCUT2D eigenvalue weighted by Crippen LogP contribution is 2.45. The summed E-state index contributed by atoms with van der Waals surface area (Å²) in [6, 6.07) is 15.2. The zero-order valence-electron chi connectivity index (χ0n) is 13.9. The summed E-state index contributed by atoms with van der Waals surface area (Å²) in [5.74, 6) is -0.348. The van der Waals surface area contributed by atoms with E-state index < -0.39 is 11.3 Å². The molecular formula is C20H20N2O3. The van der Waals surface area contributed by atoms with Crippen LogP contribution >= 0.6 is 0 Å². The fourth-order valence-corrected chi connectivity index (χ4v) is 4.21. The molecule has 2 aromatic carbocycles. The number of carbonyl (C=O) groups is 2. The Morgan fingerprint density at radius 1 is 1.08 bits per heavy atom. The first-order valence-electron chi connectivity index (χ1n) is 8.56. The maximum atomic E-state index is 13.3. The molecule has 5 heteroatoms. The summed E-state index contributed by atoms with van der Waals surface area (Å²) in [5.41, 5.74) is 4.77. The van der Waals surface area contributed by atoms with Crippen molar-refractivity contribution in [3.63, 3.8) is 0 Å². The van der Waals surface area contributed by atoms with Crippen molar-refractivity contribution in [1.29, 1.82) is 0 Å². The number of nitrogens with zero attached hydrogens (tertiary/aromatic N) is 1. The van der Waals surface area contributed by atoms with Crippen molar-refractivity contribution in [3.8, 4) is 0 Å². The third-order valence-electron chi connectivity index (χ3n) is 5.43. The first-order valence-corrected chi connectivity index (χ1v) is 8.56. The number of rotatable bonds is 2. The van der Waals surface area contributed by atoms with Crippen LogP contribution in [0.5, 0.6) is 0 Å². The number of para-hydroxylation sites is 1.